The van der Waals surface area contributed by atoms with E-state index < -0.39 is 0 Å². The molecule has 15 heavy (non-hydrogen) atoms. The van der Waals surface area contributed by atoms with Gasteiger partial charge in [-0.05, 0) is 43.4 Å². The zero-order chi connectivity index (χ0) is 11.1. The van der Waals surface area contributed by atoms with E-state index in [0.717, 1.165) is 24.8 Å². The minimum atomic E-state index is -0.0696. The molecule has 0 saturated heterocycles. The first-order valence-corrected chi connectivity index (χ1v) is 6.41. The summed E-state index contributed by atoms with van der Waals surface area (Å²) >= 11 is 0. The second kappa shape index (κ2) is 4.06. The maximum atomic E-state index is 9.76. The van der Waals surface area contributed by atoms with Gasteiger partial charge in [0, 0.05) is 12.1 Å². The summed E-state index contributed by atoms with van der Waals surface area (Å²) < 4.78 is 0. The third-order valence-electron chi connectivity index (χ3n) is 3.96. The summed E-state index contributed by atoms with van der Waals surface area (Å²) in [4.78, 5) is 0. The molecule has 0 aromatic carbocycles. The average molecular weight is 211 g/mol. The van der Waals surface area contributed by atoms with Gasteiger partial charge in [0.1, 0.15) is 0 Å². The van der Waals surface area contributed by atoms with E-state index in [9.17, 15) is 5.11 Å². The molecule has 2 aliphatic rings. The van der Waals surface area contributed by atoms with Crippen LogP contribution in [-0.2, 0) is 0 Å². The minimum Gasteiger partial charge on any atom is -0.393 e. The van der Waals surface area contributed by atoms with Gasteiger partial charge in [0.15, 0.2) is 0 Å². The lowest BCUT2D eigenvalue weighted by Crippen LogP contribution is -2.48. The largest absolute Gasteiger partial charge is 0.393 e. The summed E-state index contributed by atoms with van der Waals surface area (Å²) in [6.07, 6.45) is 5.73. The highest BCUT2D eigenvalue weighted by Crippen LogP contribution is 2.39. The molecule has 0 aromatic heterocycles. The fourth-order valence-corrected chi connectivity index (χ4v) is 2.92. The van der Waals surface area contributed by atoms with Crippen LogP contribution in [-0.4, -0.2) is 23.3 Å². The molecule has 2 N–H and O–H groups in total. The summed E-state index contributed by atoms with van der Waals surface area (Å²) in [5, 5.41) is 13.5. The molecule has 3 unspecified atom stereocenters. The van der Waals surface area contributed by atoms with Crippen LogP contribution in [0.3, 0.4) is 0 Å². The molecule has 0 aromatic rings. The van der Waals surface area contributed by atoms with Gasteiger partial charge in [0.25, 0.3) is 0 Å². The first kappa shape index (κ1) is 11.4. The molecule has 0 spiro atoms. The van der Waals surface area contributed by atoms with Gasteiger partial charge in [-0.25, -0.2) is 0 Å². The van der Waals surface area contributed by atoms with Crippen LogP contribution in [0.4, 0.5) is 0 Å². The highest BCUT2D eigenvalue weighted by molar-refractivity contribution is 4.95. The lowest BCUT2D eigenvalue weighted by Gasteiger charge is -2.42. The van der Waals surface area contributed by atoms with Crippen molar-refractivity contribution in [2.24, 2.45) is 11.3 Å². The van der Waals surface area contributed by atoms with Gasteiger partial charge in [0.2, 0.25) is 0 Å². The predicted octanol–water partition coefficient (Wildman–Crippen LogP) is 2.31. The number of nitrogens with one attached hydrogen (secondary N) is 1. The Morgan fingerprint density at radius 1 is 1.07 bits per heavy atom. The number of aliphatic hydroxyl groups is 1. The van der Waals surface area contributed by atoms with Gasteiger partial charge >= 0.3 is 0 Å². The first-order chi connectivity index (χ1) is 6.97. The molecular formula is C13H25NO. The minimum absolute atomic E-state index is 0.0696. The zero-order valence-electron chi connectivity index (χ0n) is 10.3. The molecule has 88 valence electrons. The van der Waals surface area contributed by atoms with Crippen molar-refractivity contribution < 1.29 is 5.11 Å². The highest BCUT2D eigenvalue weighted by atomic mass is 16.3. The van der Waals surface area contributed by atoms with Crippen LogP contribution >= 0.6 is 0 Å². The zero-order valence-corrected chi connectivity index (χ0v) is 10.3. The molecule has 2 rings (SSSR count). The van der Waals surface area contributed by atoms with Crippen molar-refractivity contribution in [2.45, 2.75) is 71.1 Å². The van der Waals surface area contributed by atoms with E-state index in [4.69, 9.17) is 0 Å². The van der Waals surface area contributed by atoms with E-state index in [1.165, 1.54) is 19.3 Å². The number of rotatable bonds is 2. The molecule has 2 saturated carbocycles. The van der Waals surface area contributed by atoms with Crippen molar-refractivity contribution in [3.8, 4) is 0 Å². The van der Waals surface area contributed by atoms with Gasteiger partial charge in [-0.15, -0.1) is 0 Å². The first-order valence-electron chi connectivity index (χ1n) is 6.41. The maximum absolute atomic E-state index is 9.76. The van der Waals surface area contributed by atoms with Crippen LogP contribution in [0.5, 0.6) is 0 Å². The molecule has 2 nitrogen and oxygen atoms in total. The molecule has 0 bridgehead atoms. The van der Waals surface area contributed by atoms with Gasteiger partial charge < -0.3 is 10.4 Å². The molecule has 2 fully saturated rings. The molecule has 0 aliphatic heterocycles. The van der Waals surface area contributed by atoms with E-state index in [0.29, 0.717) is 11.5 Å². The van der Waals surface area contributed by atoms with Crippen LogP contribution in [0.25, 0.3) is 0 Å². The monoisotopic (exact) mass is 211 g/mol. The maximum Gasteiger partial charge on any atom is 0.0555 e. The summed E-state index contributed by atoms with van der Waals surface area (Å²) in [5.74, 6) is 0.724. The third-order valence-corrected chi connectivity index (χ3v) is 3.96. The van der Waals surface area contributed by atoms with Gasteiger partial charge in [-0.2, -0.15) is 0 Å². The Hall–Kier alpha value is -0.0800. The fraction of sp³-hybridized carbons (Fsp3) is 1.00. The van der Waals surface area contributed by atoms with Crippen molar-refractivity contribution in [2.75, 3.05) is 0 Å². The van der Waals surface area contributed by atoms with E-state index in [-0.39, 0.29) is 6.10 Å². The Bertz CT molecular complexity index is 215. The highest BCUT2D eigenvalue weighted by Gasteiger charge is 2.39. The lowest BCUT2D eigenvalue weighted by atomic mass is 9.69. The molecule has 2 heteroatoms. The van der Waals surface area contributed by atoms with Gasteiger partial charge in [-0.3, -0.25) is 0 Å². The molecule has 0 amide bonds. The molecule has 0 heterocycles. The van der Waals surface area contributed by atoms with Crippen LogP contribution in [0.15, 0.2) is 0 Å². The Balaban J connectivity index is 1.98. The van der Waals surface area contributed by atoms with E-state index >= 15 is 0 Å². The predicted molar refractivity (Wildman–Crippen MR) is 62.7 cm³/mol. The van der Waals surface area contributed by atoms with Crippen molar-refractivity contribution in [1.29, 1.82) is 0 Å². The molecule has 2 aliphatic carbocycles. The summed E-state index contributed by atoms with van der Waals surface area (Å²) in [6, 6.07) is 1.30. The summed E-state index contributed by atoms with van der Waals surface area (Å²) in [5.41, 5.74) is 0.368. The summed E-state index contributed by atoms with van der Waals surface area (Å²) in [6.45, 7) is 6.99. The lowest BCUT2D eigenvalue weighted by molar-refractivity contribution is 0.0427. The fourth-order valence-electron chi connectivity index (χ4n) is 2.92. The van der Waals surface area contributed by atoms with Crippen LogP contribution < -0.4 is 5.32 Å². The van der Waals surface area contributed by atoms with Crippen molar-refractivity contribution >= 4 is 0 Å². The van der Waals surface area contributed by atoms with Gasteiger partial charge in [-0.1, -0.05) is 20.8 Å². The Kier molecular flexibility index (Phi) is 3.09. The van der Waals surface area contributed by atoms with Gasteiger partial charge in [0.05, 0.1) is 6.10 Å². The molecule has 0 radical (unpaired) electrons. The average Bonchev–Trinajstić information content (AvgIpc) is 2.85. The van der Waals surface area contributed by atoms with E-state index in [2.05, 4.69) is 26.1 Å². The molecule has 3 atom stereocenters. The Morgan fingerprint density at radius 3 is 2.27 bits per heavy atom. The van der Waals surface area contributed by atoms with Crippen LogP contribution in [0.2, 0.25) is 0 Å². The topological polar surface area (TPSA) is 32.3 Å². The normalized spacial score (nSPS) is 38.0. The molecular weight excluding hydrogens is 186 g/mol. The Morgan fingerprint density at radius 2 is 1.73 bits per heavy atom. The standard InChI is InChI=1S/C13H25NO/c1-13(2,3)11-7-6-10(15)8-12(11)14-9-4-5-9/h9-12,14-15H,4-8H2,1-3H3. The smallest absolute Gasteiger partial charge is 0.0555 e. The van der Waals surface area contributed by atoms with E-state index in [1.54, 1.807) is 0 Å². The van der Waals surface area contributed by atoms with Crippen LogP contribution in [0, 0.1) is 11.3 Å². The Labute approximate surface area is 93.5 Å². The summed E-state index contributed by atoms with van der Waals surface area (Å²) in [7, 11) is 0. The van der Waals surface area contributed by atoms with Crippen LogP contribution in [0.1, 0.15) is 52.9 Å². The SMILES string of the molecule is CC(C)(C)C1CCC(O)CC1NC1CC1. The number of hydrogen-bond donors (Lipinski definition) is 2. The van der Waals surface area contributed by atoms with Crippen molar-refractivity contribution in [3.63, 3.8) is 0 Å². The van der Waals surface area contributed by atoms with E-state index in [1.807, 2.05) is 0 Å². The number of aliphatic hydroxyl groups excluding tert-OH is 1. The van der Waals surface area contributed by atoms with Crippen molar-refractivity contribution in [1.82, 2.24) is 5.32 Å². The quantitative estimate of drug-likeness (QED) is 0.734. The second-order valence-electron chi connectivity index (χ2n) is 6.49. The second-order valence-corrected chi connectivity index (χ2v) is 6.49. The number of hydrogen-bond acceptors (Lipinski definition) is 2. The third kappa shape index (κ3) is 2.94. The van der Waals surface area contributed by atoms with Crippen molar-refractivity contribution in [3.05, 3.63) is 0 Å².